The first-order valence-corrected chi connectivity index (χ1v) is 9.64. The largest absolute Gasteiger partial charge is 0.456 e. The zero-order chi connectivity index (χ0) is 19.9. The average Bonchev–Trinajstić information content (AvgIpc) is 2.70. The average molecular weight is 396 g/mol. The van der Waals surface area contributed by atoms with Crippen LogP contribution >= 0.6 is 0 Å². The van der Waals surface area contributed by atoms with Crippen LogP contribution in [0.3, 0.4) is 0 Å². The minimum Gasteiger partial charge on any atom is -0.456 e. The maximum absolute atomic E-state index is 12.0. The molecule has 0 bridgehead atoms. The second-order valence-electron chi connectivity index (χ2n) is 6.11. The predicted octanol–water partition coefficient (Wildman–Crippen LogP) is 2.51. The topological polar surface area (TPSA) is 144 Å². The number of nitrogen functional groups attached to an aromatic ring is 1. The number of fused-ring (bicyclic) bond motifs is 2. The fourth-order valence-corrected chi connectivity index (χ4v) is 3.94. The van der Waals surface area contributed by atoms with E-state index in [4.69, 9.17) is 16.1 Å². The number of benzene rings is 3. The second-order valence-corrected chi connectivity index (χ2v) is 7.50. The Morgan fingerprint density at radius 2 is 1.79 bits per heavy atom. The highest BCUT2D eigenvalue weighted by Gasteiger charge is 2.23. The van der Waals surface area contributed by atoms with Gasteiger partial charge in [-0.15, -0.1) is 0 Å². The zero-order valence-corrected chi connectivity index (χ0v) is 15.3. The van der Waals surface area contributed by atoms with Crippen molar-refractivity contribution in [2.45, 2.75) is 4.90 Å². The van der Waals surface area contributed by atoms with Crippen molar-refractivity contribution in [2.24, 2.45) is 16.8 Å². The summed E-state index contributed by atoms with van der Waals surface area (Å²) in [5, 5.41) is 4.82. The number of hydrazine groups is 1. The van der Waals surface area contributed by atoms with Crippen molar-refractivity contribution < 1.29 is 17.4 Å². The molecule has 0 saturated carbocycles. The van der Waals surface area contributed by atoms with Crippen molar-refractivity contribution in [3.05, 3.63) is 66.0 Å². The number of nitrogens with zero attached hydrogens (tertiary/aromatic N) is 1. The predicted molar refractivity (Wildman–Crippen MR) is 106 cm³/mol. The Hall–Kier alpha value is -3.40. The van der Waals surface area contributed by atoms with E-state index >= 15 is 0 Å². The van der Waals surface area contributed by atoms with Gasteiger partial charge in [-0.1, -0.05) is 18.2 Å². The summed E-state index contributed by atoms with van der Waals surface area (Å²) in [5.41, 5.74) is 5.22. The van der Waals surface area contributed by atoms with Crippen LogP contribution in [0.15, 0.2) is 75.1 Å². The van der Waals surface area contributed by atoms with Crippen LogP contribution < -0.4 is 22.5 Å². The van der Waals surface area contributed by atoms with Gasteiger partial charge in [0, 0.05) is 34.2 Å². The molecule has 0 aromatic heterocycles. The van der Waals surface area contributed by atoms with Crippen LogP contribution in [0.5, 0.6) is 0 Å². The van der Waals surface area contributed by atoms with Crippen molar-refractivity contribution >= 4 is 26.8 Å². The third-order valence-corrected chi connectivity index (χ3v) is 5.37. The summed E-state index contributed by atoms with van der Waals surface area (Å²) < 4.78 is 39.7. The van der Waals surface area contributed by atoms with Gasteiger partial charge in [0.15, 0.2) is 0 Å². The van der Waals surface area contributed by atoms with E-state index in [2.05, 4.69) is 10.5 Å². The summed E-state index contributed by atoms with van der Waals surface area (Å²) >= 11 is 0. The van der Waals surface area contributed by atoms with Crippen LogP contribution in [-0.4, -0.2) is 13.0 Å². The Morgan fingerprint density at radius 3 is 2.50 bits per heavy atom. The van der Waals surface area contributed by atoms with Crippen LogP contribution in [0.4, 0.5) is 5.69 Å². The molecule has 142 valence electrons. The maximum Gasteiger partial charge on any atom is 0.295 e. The minimum absolute atomic E-state index is 0.197. The van der Waals surface area contributed by atoms with E-state index < -0.39 is 10.1 Å². The van der Waals surface area contributed by atoms with E-state index in [-0.39, 0.29) is 4.90 Å². The van der Waals surface area contributed by atoms with Gasteiger partial charge in [-0.2, -0.15) is 13.5 Å². The number of hydrogen-bond donors (Lipinski definition) is 4. The lowest BCUT2D eigenvalue weighted by atomic mass is 9.93. The lowest BCUT2D eigenvalue weighted by molar-refractivity contribution is 0.483. The molecule has 0 radical (unpaired) electrons. The number of rotatable bonds is 3. The van der Waals surface area contributed by atoms with Crippen LogP contribution in [0.2, 0.25) is 0 Å². The molecule has 0 atom stereocenters. The molecule has 0 unspecified atom stereocenters. The Kier molecular flexibility index (Phi) is 4.27. The van der Waals surface area contributed by atoms with Crippen LogP contribution in [0.25, 0.3) is 33.4 Å². The van der Waals surface area contributed by atoms with E-state index in [1.165, 1.54) is 6.07 Å². The van der Waals surface area contributed by atoms with Gasteiger partial charge in [0.2, 0.25) is 0 Å². The van der Waals surface area contributed by atoms with E-state index in [1.54, 1.807) is 54.6 Å². The Bertz CT molecular complexity index is 1350. The summed E-state index contributed by atoms with van der Waals surface area (Å²) in [4.78, 5) is -0.197. The third-order valence-electron chi connectivity index (χ3n) is 4.46. The Balaban J connectivity index is 2.21. The maximum atomic E-state index is 12.0. The summed E-state index contributed by atoms with van der Waals surface area (Å²) in [6, 6.07) is 16.5. The van der Waals surface area contributed by atoms with Crippen LogP contribution in [0.1, 0.15) is 0 Å². The van der Waals surface area contributed by atoms with Crippen molar-refractivity contribution in [2.75, 3.05) is 5.43 Å². The molecule has 1 aliphatic carbocycles. The lowest BCUT2D eigenvalue weighted by Gasteiger charge is -2.17. The minimum atomic E-state index is -4.45. The van der Waals surface area contributed by atoms with Gasteiger partial charge in [-0.25, -0.2) is 0 Å². The first kappa shape index (κ1) is 18.0. The molecule has 2 aromatic rings. The number of hydrogen-bond acceptors (Lipinski definition) is 7. The summed E-state index contributed by atoms with van der Waals surface area (Å²) in [6.45, 7) is 0. The summed E-state index contributed by atoms with van der Waals surface area (Å²) in [5.74, 6) is 11.3. The highest BCUT2D eigenvalue weighted by Crippen LogP contribution is 2.42. The molecule has 0 fully saturated rings. The normalized spacial score (nSPS) is 12.6. The molecule has 1 aliphatic heterocycles. The molecular weight excluding hydrogens is 380 g/mol. The van der Waals surface area contributed by atoms with Crippen molar-refractivity contribution in [3.63, 3.8) is 0 Å². The second kappa shape index (κ2) is 6.64. The van der Waals surface area contributed by atoms with E-state index in [1.807, 2.05) is 0 Å². The highest BCUT2D eigenvalue weighted by atomic mass is 32.2. The number of anilines is 1. The Labute approximate surface area is 160 Å². The smallest absolute Gasteiger partial charge is 0.295 e. The van der Waals surface area contributed by atoms with E-state index in [9.17, 15) is 13.0 Å². The lowest BCUT2D eigenvalue weighted by Crippen LogP contribution is -2.08. The van der Waals surface area contributed by atoms with Gasteiger partial charge >= 0.3 is 0 Å². The standard InChI is InChI=1S/C19H16N4O4S/c20-22-11-5-7-13-16(9-11)27-17-10-12(23-21)6-8-14(17)19(13)15-3-1-2-4-18(15)28(24,25)26/h1-10,22H,20-21H2,(H,24,25,26). The van der Waals surface area contributed by atoms with E-state index in [0.29, 0.717) is 44.5 Å². The number of nitrogens with two attached hydrogens (primary N) is 2. The molecule has 28 heavy (non-hydrogen) atoms. The molecule has 0 saturated heterocycles. The van der Waals surface area contributed by atoms with Crippen molar-refractivity contribution in [3.8, 4) is 22.5 Å². The summed E-state index contributed by atoms with van der Waals surface area (Å²) in [7, 11) is -4.45. The monoisotopic (exact) mass is 396 g/mol. The zero-order valence-electron chi connectivity index (χ0n) is 14.5. The van der Waals surface area contributed by atoms with E-state index in [0.717, 1.165) is 0 Å². The van der Waals surface area contributed by atoms with Gasteiger partial charge in [0.05, 0.1) is 11.0 Å². The van der Waals surface area contributed by atoms with Gasteiger partial charge < -0.3 is 15.7 Å². The van der Waals surface area contributed by atoms with Gasteiger partial charge in [0.25, 0.3) is 10.1 Å². The fourth-order valence-electron chi connectivity index (χ4n) is 3.24. The molecule has 0 spiro atoms. The molecule has 2 aliphatic rings. The van der Waals surface area contributed by atoms with Gasteiger partial charge in [0.1, 0.15) is 16.2 Å². The SMILES string of the molecule is NN=c1ccc2c(-c3ccccc3S(=O)(=O)O)c3ccc(NN)cc3oc-2c1. The number of nitrogens with one attached hydrogen (secondary N) is 1. The molecule has 2 aromatic carbocycles. The van der Waals surface area contributed by atoms with Crippen LogP contribution in [-0.2, 0) is 10.1 Å². The quantitative estimate of drug-likeness (QED) is 0.180. The van der Waals surface area contributed by atoms with Crippen LogP contribution in [0, 0.1) is 0 Å². The molecule has 1 heterocycles. The third kappa shape index (κ3) is 2.97. The molecule has 6 N–H and O–H groups in total. The fraction of sp³-hybridized carbons (Fsp3) is 0. The highest BCUT2D eigenvalue weighted by molar-refractivity contribution is 7.86. The molecule has 4 rings (SSSR count). The molecule has 9 heteroatoms. The molecule has 0 amide bonds. The van der Waals surface area contributed by atoms with Crippen molar-refractivity contribution in [1.29, 1.82) is 0 Å². The molecule has 8 nitrogen and oxygen atoms in total. The van der Waals surface area contributed by atoms with Crippen molar-refractivity contribution in [1.82, 2.24) is 0 Å². The Morgan fingerprint density at radius 1 is 1.00 bits per heavy atom. The summed E-state index contributed by atoms with van der Waals surface area (Å²) in [6.07, 6.45) is 0. The molecular formula is C19H16N4O4S. The van der Waals surface area contributed by atoms with Gasteiger partial charge in [-0.05, 0) is 30.3 Å². The van der Waals surface area contributed by atoms with Gasteiger partial charge in [-0.3, -0.25) is 10.4 Å². The first-order chi connectivity index (χ1) is 13.4. The first-order valence-electron chi connectivity index (χ1n) is 8.20.